The van der Waals surface area contributed by atoms with Crippen LogP contribution in [0.25, 0.3) is 0 Å². The van der Waals surface area contributed by atoms with Gasteiger partial charge >= 0.3 is 18.3 Å². The Labute approximate surface area is 94.2 Å². The number of carbonyl (C=O) groups excluding carboxylic acids is 1. The molecule has 1 amide bonds. The zero-order valence-electron chi connectivity index (χ0n) is 8.71. The summed E-state index contributed by atoms with van der Waals surface area (Å²) in [7, 11) is 0. The van der Waals surface area contributed by atoms with Crippen LogP contribution < -0.4 is 0 Å². The van der Waals surface area contributed by atoms with Crippen molar-refractivity contribution < 1.29 is 32.3 Å². The summed E-state index contributed by atoms with van der Waals surface area (Å²) in [6.07, 6.45) is -3.35. The van der Waals surface area contributed by atoms with E-state index in [-0.39, 0.29) is 13.0 Å². The Balaban J connectivity index is 2.89. The molecule has 1 saturated heterocycles. The summed E-state index contributed by atoms with van der Waals surface area (Å²) >= 11 is 0. The Hall–Kier alpha value is -1.34. The van der Waals surface area contributed by atoms with E-state index in [4.69, 9.17) is 5.11 Å². The van der Waals surface area contributed by atoms with Crippen LogP contribution in [0.2, 0.25) is 0 Å². The van der Waals surface area contributed by atoms with Gasteiger partial charge in [0.15, 0.2) is 0 Å². The lowest BCUT2D eigenvalue weighted by molar-refractivity contribution is -0.186. The van der Waals surface area contributed by atoms with Gasteiger partial charge in [0.2, 0.25) is 0 Å². The van der Waals surface area contributed by atoms with Gasteiger partial charge < -0.3 is 10.0 Å². The number of nitrogens with zero attached hydrogens (tertiary/aromatic N) is 1. The lowest BCUT2D eigenvalue weighted by Gasteiger charge is -2.34. The molecular weight excluding hydrogens is 246 g/mol. The summed E-state index contributed by atoms with van der Waals surface area (Å²) in [5.74, 6) is -8.40. The second kappa shape index (κ2) is 4.89. The van der Waals surface area contributed by atoms with E-state index >= 15 is 0 Å². The highest BCUT2D eigenvalue weighted by molar-refractivity contribution is 5.88. The van der Waals surface area contributed by atoms with E-state index < -0.39 is 30.3 Å². The van der Waals surface area contributed by atoms with Crippen LogP contribution in [-0.4, -0.2) is 46.8 Å². The van der Waals surface area contributed by atoms with Crippen LogP contribution in [0.15, 0.2) is 0 Å². The molecule has 17 heavy (non-hydrogen) atoms. The van der Waals surface area contributed by atoms with Crippen molar-refractivity contribution in [1.29, 1.82) is 0 Å². The molecule has 1 atom stereocenters. The summed E-state index contributed by atoms with van der Waals surface area (Å²) in [4.78, 5) is 22.3. The molecule has 1 aliphatic heterocycles. The maximum atomic E-state index is 12.8. The Morgan fingerprint density at radius 3 is 2.35 bits per heavy atom. The van der Waals surface area contributed by atoms with Crippen molar-refractivity contribution in [3.63, 3.8) is 0 Å². The Morgan fingerprint density at radius 1 is 1.29 bits per heavy atom. The van der Waals surface area contributed by atoms with Gasteiger partial charge in [-0.15, -0.1) is 0 Å². The van der Waals surface area contributed by atoms with Gasteiger partial charge in [-0.25, -0.2) is 13.6 Å². The molecule has 0 saturated carbocycles. The van der Waals surface area contributed by atoms with Gasteiger partial charge in [0.1, 0.15) is 6.04 Å². The van der Waals surface area contributed by atoms with Crippen LogP contribution in [0.4, 0.5) is 17.6 Å². The number of hydrogen-bond donors (Lipinski definition) is 1. The number of amides is 1. The minimum atomic E-state index is -4.83. The topological polar surface area (TPSA) is 57.6 Å². The fraction of sp³-hybridized carbons (Fsp3) is 0.778. The second-order valence-corrected chi connectivity index (χ2v) is 3.77. The van der Waals surface area contributed by atoms with Crippen LogP contribution >= 0.6 is 0 Å². The van der Waals surface area contributed by atoms with Crippen molar-refractivity contribution in [2.24, 2.45) is 0 Å². The number of halogens is 4. The third kappa shape index (κ3) is 2.67. The monoisotopic (exact) mass is 257 g/mol. The van der Waals surface area contributed by atoms with Crippen molar-refractivity contribution in [3.05, 3.63) is 0 Å². The summed E-state index contributed by atoms with van der Waals surface area (Å²) in [5, 5.41) is 8.74. The first-order valence-electron chi connectivity index (χ1n) is 4.98. The van der Waals surface area contributed by atoms with Crippen LogP contribution in [0.5, 0.6) is 0 Å². The first-order valence-corrected chi connectivity index (χ1v) is 4.98. The predicted molar refractivity (Wildman–Crippen MR) is 47.9 cm³/mol. The van der Waals surface area contributed by atoms with Crippen LogP contribution in [0, 0.1) is 0 Å². The predicted octanol–water partition coefficient (Wildman–Crippen LogP) is 1.35. The number of carboxylic acid groups (broad SMARTS) is 1. The molecule has 1 N–H and O–H groups in total. The van der Waals surface area contributed by atoms with Crippen molar-refractivity contribution in [1.82, 2.24) is 4.90 Å². The van der Waals surface area contributed by atoms with Crippen LogP contribution in [0.1, 0.15) is 19.3 Å². The molecule has 0 aromatic rings. The SMILES string of the molecule is O=C(O)[C@@H]1CCCCN1C(=O)C(F)(F)C(F)F. The zero-order valence-corrected chi connectivity index (χ0v) is 8.71. The summed E-state index contributed by atoms with van der Waals surface area (Å²) in [5.41, 5.74) is 0. The Morgan fingerprint density at radius 2 is 1.88 bits per heavy atom. The van der Waals surface area contributed by atoms with Crippen LogP contribution in [-0.2, 0) is 9.59 Å². The van der Waals surface area contributed by atoms with E-state index in [1.54, 1.807) is 0 Å². The van der Waals surface area contributed by atoms with Gasteiger partial charge in [0, 0.05) is 6.54 Å². The standard InChI is InChI=1S/C9H11F4NO3/c10-7(11)9(12,13)8(17)14-4-2-1-3-5(14)6(15)16/h5,7H,1-4H2,(H,15,16)/t5-/m0/s1. The van der Waals surface area contributed by atoms with Gasteiger partial charge in [-0.1, -0.05) is 0 Å². The van der Waals surface area contributed by atoms with Gasteiger partial charge in [-0.3, -0.25) is 4.79 Å². The third-order valence-corrected chi connectivity index (χ3v) is 2.61. The lowest BCUT2D eigenvalue weighted by atomic mass is 10.0. The molecule has 0 radical (unpaired) electrons. The molecule has 0 spiro atoms. The largest absolute Gasteiger partial charge is 0.480 e. The molecule has 4 nitrogen and oxygen atoms in total. The zero-order chi connectivity index (χ0) is 13.2. The maximum absolute atomic E-state index is 12.8. The van der Waals surface area contributed by atoms with E-state index in [0.29, 0.717) is 17.7 Å². The molecular formula is C9H11F4NO3. The molecule has 0 unspecified atom stereocenters. The Kier molecular flexibility index (Phi) is 3.94. The first kappa shape index (κ1) is 13.7. The van der Waals surface area contributed by atoms with E-state index in [9.17, 15) is 27.2 Å². The number of carboxylic acids is 1. The van der Waals surface area contributed by atoms with Gasteiger partial charge in [0.05, 0.1) is 0 Å². The molecule has 0 bridgehead atoms. The van der Waals surface area contributed by atoms with Crippen molar-refractivity contribution in [2.75, 3.05) is 6.54 Å². The number of aliphatic carboxylic acids is 1. The average Bonchev–Trinajstić information content (AvgIpc) is 2.27. The summed E-state index contributed by atoms with van der Waals surface area (Å²) in [6.45, 7) is -0.238. The first-order chi connectivity index (χ1) is 7.78. The fourth-order valence-electron chi connectivity index (χ4n) is 1.72. The molecule has 8 heteroatoms. The highest BCUT2D eigenvalue weighted by Crippen LogP contribution is 2.29. The number of carbonyl (C=O) groups is 2. The lowest BCUT2D eigenvalue weighted by Crippen LogP contribution is -2.55. The normalized spacial score (nSPS) is 21.7. The summed E-state index contributed by atoms with van der Waals surface area (Å²) in [6, 6.07) is -1.44. The van der Waals surface area contributed by atoms with Crippen molar-refractivity contribution >= 4 is 11.9 Å². The number of rotatable bonds is 3. The number of likely N-dealkylation sites (tertiary alicyclic amines) is 1. The highest BCUT2D eigenvalue weighted by atomic mass is 19.3. The van der Waals surface area contributed by atoms with Crippen LogP contribution in [0.3, 0.4) is 0 Å². The van der Waals surface area contributed by atoms with Crippen molar-refractivity contribution in [3.8, 4) is 0 Å². The third-order valence-electron chi connectivity index (χ3n) is 2.61. The number of alkyl halides is 4. The number of hydrogen-bond acceptors (Lipinski definition) is 2. The average molecular weight is 257 g/mol. The van der Waals surface area contributed by atoms with Crippen molar-refractivity contribution in [2.45, 2.75) is 37.7 Å². The molecule has 0 aromatic carbocycles. The van der Waals surface area contributed by atoms with E-state index in [0.717, 1.165) is 0 Å². The van der Waals surface area contributed by atoms with E-state index in [2.05, 4.69) is 0 Å². The van der Waals surface area contributed by atoms with E-state index in [1.165, 1.54) is 0 Å². The highest BCUT2D eigenvalue weighted by Gasteiger charge is 2.53. The molecule has 1 fully saturated rings. The quantitative estimate of drug-likeness (QED) is 0.776. The fourth-order valence-corrected chi connectivity index (χ4v) is 1.72. The molecule has 1 heterocycles. The smallest absolute Gasteiger partial charge is 0.383 e. The molecule has 98 valence electrons. The minimum absolute atomic E-state index is 0.000388. The van der Waals surface area contributed by atoms with Gasteiger partial charge in [0.25, 0.3) is 5.91 Å². The number of piperidine rings is 1. The van der Waals surface area contributed by atoms with Gasteiger partial charge in [-0.2, -0.15) is 8.78 Å². The Bertz CT molecular complexity index is 321. The summed E-state index contributed by atoms with van der Waals surface area (Å²) < 4.78 is 49.7. The van der Waals surface area contributed by atoms with E-state index in [1.807, 2.05) is 0 Å². The van der Waals surface area contributed by atoms with Gasteiger partial charge in [-0.05, 0) is 19.3 Å². The minimum Gasteiger partial charge on any atom is -0.480 e. The molecule has 1 aliphatic rings. The molecule has 1 rings (SSSR count). The molecule has 0 aromatic heterocycles. The maximum Gasteiger partial charge on any atom is 0.383 e. The molecule has 0 aliphatic carbocycles. The second-order valence-electron chi connectivity index (χ2n) is 3.77.